The summed E-state index contributed by atoms with van der Waals surface area (Å²) in [4.78, 5) is 11.7. The predicted octanol–water partition coefficient (Wildman–Crippen LogP) is 1.98. The summed E-state index contributed by atoms with van der Waals surface area (Å²) in [5, 5.41) is 15.8. The highest BCUT2D eigenvalue weighted by Crippen LogP contribution is 2.22. The van der Waals surface area contributed by atoms with Crippen LogP contribution in [0.4, 0.5) is 5.69 Å². The average Bonchev–Trinajstić information content (AvgIpc) is 2.83. The van der Waals surface area contributed by atoms with E-state index >= 15 is 0 Å². The van der Waals surface area contributed by atoms with Crippen molar-refractivity contribution in [2.45, 2.75) is 13.0 Å². The van der Waals surface area contributed by atoms with Crippen LogP contribution in [-0.2, 0) is 0 Å². The van der Waals surface area contributed by atoms with E-state index in [4.69, 9.17) is 0 Å². The number of aliphatic hydroxyl groups excluding tert-OH is 1. The van der Waals surface area contributed by atoms with Gasteiger partial charge in [-0.3, -0.25) is 4.79 Å². The summed E-state index contributed by atoms with van der Waals surface area (Å²) in [6.07, 6.45) is 0.680. The average molecular weight is 232 g/mol. The Kier molecular flexibility index (Phi) is 3.20. The molecule has 1 heterocycles. The van der Waals surface area contributed by atoms with Gasteiger partial charge < -0.3 is 14.9 Å². The van der Waals surface area contributed by atoms with E-state index < -0.39 is 6.10 Å². The van der Waals surface area contributed by atoms with Gasteiger partial charge in [0.15, 0.2) is 5.69 Å². The molecule has 0 spiro atoms. The molecule has 88 valence electrons. The van der Waals surface area contributed by atoms with Crippen LogP contribution in [0.5, 0.6) is 0 Å². The second kappa shape index (κ2) is 4.80. The Labute approximate surface area is 98.1 Å². The molecule has 0 saturated heterocycles. The lowest BCUT2D eigenvalue weighted by molar-refractivity contribution is 0.101. The number of aliphatic hydroxyl groups is 1. The molecule has 1 aromatic heterocycles. The zero-order valence-corrected chi connectivity index (χ0v) is 9.25. The summed E-state index contributed by atoms with van der Waals surface area (Å²) in [6.45, 7) is 1.64. The van der Waals surface area contributed by atoms with E-state index in [1.807, 2.05) is 0 Å². The Hall–Kier alpha value is -2.14. The second-order valence-corrected chi connectivity index (χ2v) is 3.60. The fraction of sp³-hybridized carbons (Fsp3) is 0.167. The molecule has 17 heavy (non-hydrogen) atoms. The van der Waals surface area contributed by atoms with Gasteiger partial charge in [0.05, 0.1) is 6.10 Å². The summed E-state index contributed by atoms with van der Waals surface area (Å²) >= 11 is 0. The number of carbonyl (C=O) groups is 1. The third-order valence-electron chi connectivity index (χ3n) is 2.33. The normalized spacial score (nSPS) is 12.1. The molecular weight excluding hydrogens is 220 g/mol. The van der Waals surface area contributed by atoms with Gasteiger partial charge in [-0.05, 0) is 13.0 Å². The van der Waals surface area contributed by atoms with E-state index in [2.05, 4.69) is 15.0 Å². The maximum atomic E-state index is 11.7. The number of hydrogen-bond donors (Lipinski definition) is 2. The summed E-state index contributed by atoms with van der Waals surface area (Å²) < 4.78 is 4.59. The summed E-state index contributed by atoms with van der Waals surface area (Å²) in [6, 6.07) is 8.53. The van der Waals surface area contributed by atoms with Crippen LogP contribution in [0.1, 0.15) is 29.1 Å². The van der Waals surface area contributed by atoms with Crippen LogP contribution >= 0.6 is 0 Å². The zero-order valence-electron chi connectivity index (χ0n) is 9.25. The third-order valence-corrected chi connectivity index (χ3v) is 2.33. The van der Waals surface area contributed by atoms with E-state index in [0.29, 0.717) is 11.3 Å². The Balaban J connectivity index is 2.22. The van der Waals surface area contributed by atoms with Crippen molar-refractivity contribution in [1.29, 1.82) is 0 Å². The standard InChI is InChI=1S/C12H12N2O3/c1-8(15)9-4-2-3-5-10(9)13-12(16)11-6-7-17-14-11/h2-8,15H,1H3,(H,13,16). The number of hydrogen-bond acceptors (Lipinski definition) is 4. The Morgan fingerprint density at radius 3 is 2.82 bits per heavy atom. The van der Waals surface area contributed by atoms with Crippen molar-refractivity contribution in [3.8, 4) is 0 Å². The number of rotatable bonds is 3. The number of amides is 1. The van der Waals surface area contributed by atoms with E-state index in [-0.39, 0.29) is 11.6 Å². The lowest BCUT2D eigenvalue weighted by Crippen LogP contribution is -2.14. The van der Waals surface area contributed by atoms with Crippen molar-refractivity contribution >= 4 is 11.6 Å². The molecule has 0 radical (unpaired) electrons. The number of anilines is 1. The van der Waals surface area contributed by atoms with E-state index in [1.165, 1.54) is 12.3 Å². The molecule has 0 fully saturated rings. The van der Waals surface area contributed by atoms with Gasteiger partial charge in [0.1, 0.15) is 6.26 Å². The van der Waals surface area contributed by atoms with Crippen LogP contribution in [0, 0.1) is 0 Å². The lowest BCUT2D eigenvalue weighted by atomic mass is 10.1. The van der Waals surface area contributed by atoms with Crippen molar-refractivity contribution in [3.63, 3.8) is 0 Å². The molecule has 5 heteroatoms. The zero-order chi connectivity index (χ0) is 12.3. The van der Waals surface area contributed by atoms with Gasteiger partial charge in [-0.2, -0.15) is 0 Å². The minimum Gasteiger partial charge on any atom is -0.389 e. The molecule has 1 atom stereocenters. The summed E-state index contributed by atoms with van der Waals surface area (Å²) in [5.74, 6) is -0.369. The Bertz CT molecular complexity index is 506. The third kappa shape index (κ3) is 2.51. The van der Waals surface area contributed by atoms with Crippen molar-refractivity contribution in [2.75, 3.05) is 5.32 Å². The van der Waals surface area contributed by atoms with Crippen molar-refractivity contribution in [1.82, 2.24) is 5.16 Å². The maximum Gasteiger partial charge on any atom is 0.277 e. The Morgan fingerprint density at radius 1 is 1.41 bits per heavy atom. The van der Waals surface area contributed by atoms with Gasteiger partial charge in [-0.15, -0.1) is 0 Å². The predicted molar refractivity (Wildman–Crippen MR) is 61.5 cm³/mol. The van der Waals surface area contributed by atoms with Gasteiger partial charge in [0.25, 0.3) is 5.91 Å². The molecule has 0 aliphatic carbocycles. The van der Waals surface area contributed by atoms with Gasteiger partial charge in [0, 0.05) is 17.3 Å². The number of nitrogens with zero attached hydrogens (tertiary/aromatic N) is 1. The number of nitrogens with one attached hydrogen (secondary N) is 1. The van der Waals surface area contributed by atoms with Crippen molar-refractivity contribution in [2.24, 2.45) is 0 Å². The highest BCUT2D eigenvalue weighted by molar-refractivity contribution is 6.03. The molecule has 0 aliphatic heterocycles. The van der Waals surface area contributed by atoms with Crippen LogP contribution in [-0.4, -0.2) is 16.2 Å². The van der Waals surface area contributed by atoms with Crippen LogP contribution in [0.25, 0.3) is 0 Å². The topological polar surface area (TPSA) is 75.4 Å². The molecule has 1 unspecified atom stereocenters. The van der Waals surface area contributed by atoms with Gasteiger partial charge in [-0.1, -0.05) is 23.4 Å². The van der Waals surface area contributed by atoms with Crippen molar-refractivity contribution < 1.29 is 14.4 Å². The van der Waals surface area contributed by atoms with Crippen LogP contribution in [0.15, 0.2) is 41.1 Å². The SMILES string of the molecule is CC(O)c1ccccc1NC(=O)c1ccon1. The van der Waals surface area contributed by atoms with E-state index in [1.54, 1.807) is 31.2 Å². The molecule has 1 amide bonds. The number of benzene rings is 1. The number of carbonyl (C=O) groups excluding carboxylic acids is 1. The first kappa shape index (κ1) is 11.3. The molecule has 0 saturated carbocycles. The molecule has 5 nitrogen and oxygen atoms in total. The van der Waals surface area contributed by atoms with Crippen LogP contribution in [0.3, 0.4) is 0 Å². The smallest absolute Gasteiger partial charge is 0.277 e. The minimum absolute atomic E-state index is 0.199. The molecular formula is C12H12N2O3. The largest absolute Gasteiger partial charge is 0.389 e. The molecule has 0 bridgehead atoms. The quantitative estimate of drug-likeness (QED) is 0.848. The first-order valence-electron chi connectivity index (χ1n) is 5.17. The van der Waals surface area contributed by atoms with Crippen LogP contribution < -0.4 is 5.32 Å². The van der Waals surface area contributed by atoms with Crippen molar-refractivity contribution in [3.05, 3.63) is 47.9 Å². The maximum absolute atomic E-state index is 11.7. The summed E-state index contributed by atoms with van der Waals surface area (Å²) in [5.41, 5.74) is 1.42. The van der Waals surface area contributed by atoms with Gasteiger partial charge in [-0.25, -0.2) is 0 Å². The Morgan fingerprint density at radius 2 is 2.18 bits per heavy atom. The minimum atomic E-state index is -0.649. The van der Waals surface area contributed by atoms with E-state index in [9.17, 15) is 9.90 Å². The summed E-state index contributed by atoms with van der Waals surface area (Å²) in [7, 11) is 0. The highest BCUT2D eigenvalue weighted by atomic mass is 16.5. The van der Waals surface area contributed by atoms with Crippen LogP contribution in [0.2, 0.25) is 0 Å². The van der Waals surface area contributed by atoms with Gasteiger partial charge >= 0.3 is 0 Å². The first-order chi connectivity index (χ1) is 8.18. The highest BCUT2D eigenvalue weighted by Gasteiger charge is 2.13. The molecule has 0 aliphatic rings. The fourth-order valence-electron chi connectivity index (χ4n) is 1.49. The second-order valence-electron chi connectivity index (χ2n) is 3.60. The molecule has 2 aromatic rings. The number of para-hydroxylation sites is 1. The lowest BCUT2D eigenvalue weighted by Gasteiger charge is -2.11. The first-order valence-corrected chi connectivity index (χ1v) is 5.17. The van der Waals surface area contributed by atoms with E-state index in [0.717, 1.165) is 0 Å². The monoisotopic (exact) mass is 232 g/mol. The fourth-order valence-corrected chi connectivity index (χ4v) is 1.49. The molecule has 1 aromatic carbocycles. The van der Waals surface area contributed by atoms with Gasteiger partial charge in [0.2, 0.25) is 0 Å². The molecule has 2 N–H and O–H groups in total. The number of aromatic nitrogens is 1. The molecule has 2 rings (SSSR count).